The highest BCUT2D eigenvalue weighted by molar-refractivity contribution is 5.87. The molecule has 1 atom stereocenters. The molecule has 2 heterocycles. The van der Waals surface area contributed by atoms with Gasteiger partial charge in [-0.2, -0.15) is 0 Å². The zero-order chi connectivity index (χ0) is 21.7. The van der Waals surface area contributed by atoms with E-state index in [0.717, 1.165) is 32.4 Å². The van der Waals surface area contributed by atoms with Crippen LogP contribution in [0.2, 0.25) is 0 Å². The molecule has 2 amide bonds. The van der Waals surface area contributed by atoms with Crippen LogP contribution in [0.15, 0.2) is 46.5 Å². The molecule has 0 bridgehead atoms. The van der Waals surface area contributed by atoms with E-state index in [0.29, 0.717) is 11.0 Å². The Balaban J connectivity index is 1.73. The lowest BCUT2D eigenvalue weighted by atomic mass is 10.1. The van der Waals surface area contributed by atoms with Crippen molar-refractivity contribution in [2.24, 2.45) is 0 Å². The second kappa shape index (κ2) is 9.56. The Morgan fingerprint density at radius 2 is 1.67 bits per heavy atom. The second-order valence-electron chi connectivity index (χ2n) is 7.58. The Hall–Kier alpha value is -3.16. The topological polar surface area (TPSA) is 93.4 Å². The molecule has 1 aliphatic rings. The molecular weight excluding hydrogens is 384 g/mol. The number of benzene rings is 1. The minimum atomic E-state index is -0.680. The lowest BCUT2D eigenvalue weighted by Crippen LogP contribution is -2.48. The van der Waals surface area contributed by atoms with Crippen LogP contribution in [-0.4, -0.2) is 45.0 Å². The van der Waals surface area contributed by atoms with E-state index >= 15 is 0 Å². The van der Waals surface area contributed by atoms with Crippen LogP contribution in [0.4, 0.5) is 0 Å². The van der Waals surface area contributed by atoms with Crippen LogP contribution in [0.25, 0.3) is 11.0 Å². The number of nitrogens with zero attached hydrogens (tertiary/aromatic N) is 3. The van der Waals surface area contributed by atoms with Crippen molar-refractivity contribution in [3.63, 3.8) is 0 Å². The zero-order valence-electron chi connectivity index (χ0n) is 17.3. The smallest absolute Gasteiger partial charge is 0.317 e. The highest BCUT2D eigenvalue weighted by Crippen LogP contribution is 2.12. The minimum absolute atomic E-state index is 0.00751. The first-order valence-corrected chi connectivity index (χ1v) is 10.4. The summed E-state index contributed by atoms with van der Waals surface area (Å²) in [5.41, 5.74) is -0.145. The molecule has 8 heteroatoms. The van der Waals surface area contributed by atoms with Crippen molar-refractivity contribution in [1.29, 1.82) is 0 Å². The number of hydrogen-bond donors (Lipinski definition) is 1. The average molecular weight is 412 g/mol. The number of carbonyl (C=O) groups is 2. The number of allylic oxidation sites excluding steroid dienone is 1. The molecular formula is C22H28N4O4. The maximum absolute atomic E-state index is 12.6. The maximum atomic E-state index is 12.6. The molecule has 1 unspecified atom stereocenters. The lowest BCUT2D eigenvalue weighted by molar-refractivity contribution is -0.136. The molecule has 1 fully saturated rings. The van der Waals surface area contributed by atoms with Crippen LogP contribution in [0.5, 0.6) is 0 Å². The molecule has 1 saturated heterocycles. The van der Waals surface area contributed by atoms with Gasteiger partial charge in [-0.15, -0.1) is 6.58 Å². The van der Waals surface area contributed by atoms with Gasteiger partial charge in [0.15, 0.2) is 0 Å². The second-order valence-corrected chi connectivity index (χ2v) is 7.58. The van der Waals surface area contributed by atoms with Crippen LogP contribution >= 0.6 is 0 Å². The third-order valence-electron chi connectivity index (χ3n) is 5.43. The molecule has 8 nitrogen and oxygen atoms in total. The van der Waals surface area contributed by atoms with Crippen molar-refractivity contribution >= 4 is 22.8 Å². The summed E-state index contributed by atoms with van der Waals surface area (Å²) in [7, 11) is 0. The molecule has 1 aliphatic heterocycles. The lowest BCUT2D eigenvalue weighted by Gasteiger charge is -2.29. The van der Waals surface area contributed by atoms with E-state index in [1.54, 1.807) is 42.2 Å². The number of rotatable bonds is 7. The van der Waals surface area contributed by atoms with Gasteiger partial charge >= 0.3 is 11.1 Å². The van der Waals surface area contributed by atoms with Crippen molar-refractivity contribution < 1.29 is 9.59 Å². The monoisotopic (exact) mass is 412 g/mol. The van der Waals surface area contributed by atoms with Gasteiger partial charge in [0.05, 0.1) is 11.0 Å². The quantitative estimate of drug-likeness (QED) is 0.547. The molecule has 0 spiro atoms. The molecule has 160 valence electrons. The van der Waals surface area contributed by atoms with Gasteiger partial charge in [0, 0.05) is 32.6 Å². The fourth-order valence-corrected chi connectivity index (χ4v) is 3.88. The molecule has 0 radical (unpaired) electrons. The molecule has 30 heavy (non-hydrogen) atoms. The fraction of sp³-hybridized carbons (Fsp3) is 0.455. The van der Waals surface area contributed by atoms with Gasteiger partial charge in [0.2, 0.25) is 11.8 Å². The summed E-state index contributed by atoms with van der Waals surface area (Å²) in [5, 5.41) is 2.72. The molecule has 0 aliphatic carbocycles. The highest BCUT2D eigenvalue weighted by atomic mass is 16.2. The number of fused-ring (bicyclic) bond motifs is 1. The molecule has 1 N–H and O–H groups in total. The van der Waals surface area contributed by atoms with Crippen molar-refractivity contribution in [2.75, 3.05) is 13.1 Å². The summed E-state index contributed by atoms with van der Waals surface area (Å²) in [6, 6.07) is 6.45. The van der Waals surface area contributed by atoms with E-state index in [1.165, 1.54) is 9.13 Å². The fourth-order valence-electron chi connectivity index (χ4n) is 3.88. The summed E-state index contributed by atoms with van der Waals surface area (Å²) in [4.78, 5) is 51.8. The van der Waals surface area contributed by atoms with Crippen LogP contribution < -0.4 is 16.4 Å². The SMILES string of the molecule is C=CCn1c(=O)c(=O)n(CCC(=O)NC(C)C(=O)N2CCCCC2)c2ccccc21. The number of aryl methyl sites for hydroxylation is 1. The van der Waals surface area contributed by atoms with E-state index in [1.807, 2.05) is 0 Å². The number of likely N-dealkylation sites (tertiary alicyclic amines) is 1. The number of amides is 2. The van der Waals surface area contributed by atoms with Gasteiger partial charge in [-0.1, -0.05) is 18.2 Å². The Labute approximate surface area is 174 Å². The minimum Gasteiger partial charge on any atom is -0.345 e. The third-order valence-corrected chi connectivity index (χ3v) is 5.43. The summed E-state index contributed by atoms with van der Waals surface area (Å²) in [6.45, 7) is 7.04. The number of hydrogen-bond acceptors (Lipinski definition) is 4. The summed E-state index contributed by atoms with van der Waals surface area (Å²) >= 11 is 0. The van der Waals surface area contributed by atoms with Gasteiger partial charge in [0.1, 0.15) is 6.04 Å². The predicted octanol–water partition coefficient (Wildman–Crippen LogP) is 1.26. The molecule has 1 aromatic carbocycles. The van der Waals surface area contributed by atoms with Gasteiger partial charge in [-0.25, -0.2) is 0 Å². The first kappa shape index (κ1) is 21.5. The first-order valence-electron chi connectivity index (χ1n) is 10.4. The molecule has 0 saturated carbocycles. The van der Waals surface area contributed by atoms with Crippen LogP contribution in [-0.2, 0) is 22.7 Å². The van der Waals surface area contributed by atoms with E-state index < -0.39 is 17.2 Å². The number of para-hydroxylation sites is 2. The number of carbonyl (C=O) groups excluding carboxylic acids is 2. The maximum Gasteiger partial charge on any atom is 0.317 e. The molecule has 3 rings (SSSR count). The van der Waals surface area contributed by atoms with Crippen molar-refractivity contribution in [2.45, 2.75) is 51.7 Å². The Kier molecular flexibility index (Phi) is 6.87. The zero-order valence-corrected chi connectivity index (χ0v) is 17.3. The summed E-state index contributed by atoms with van der Waals surface area (Å²) in [5.74, 6) is -0.420. The van der Waals surface area contributed by atoms with Gasteiger partial charge in [0.25, 0.3) is 0 Å². The molecule has 2 aromatic rings. The molecule has 1 aromatic heterocycles. The van der Waals surface area contributed by atoms with Crippen LogP contribution in [0.1, 0.15) is 32.6 Å². The third kappa shape index (κ3) is 4.53. The first-order chi connectivity index (χ1) is 14.4. The predicted molar refractivity (Wildman–Crippen MR) is 115 cm³/mol. The van der Waals surface area contributed by atoms with E-state index in [-0.39, 0.29) is 31.3 Å². The normalized spacial score (nSPS) is 15.0. The van der Waals surface area contributed by atoms with Gasteiger partial charge in [-0.05, 0) is 38.3 Å². The van der Waals surface area contributed by atoms with Gasteiger partial charge < -0.3 is 14.8 Å². The number of aromatic nitrogens is 2. The summed E-state index contributed by atoms with van der Waals surface area (Å²) < 4.78 is 2.70. The van der Waals surface area contributed by atoms with Crippen molar-refractivity contribution in [3.05, 3.63) is 57.6 Å². The highest BCUT2D eigenvalue weighted by Gasteiger charge is 2.23. The largest absolute Gasteiger partial charge is 0.345 e. The van der Waals surface area contributed by atoms with E-state index in [2.05, 4.69) is 11.9 Å². The Bertz CT molecular complexity index is 1060. The Morgan fingerprint density at radius 3 is 2.30 bits per heavy atom. The standard InChI is InChI=1S/C22H28N4O4/c1-3-12-25-17-9-5-6-10-18(17)26(22(30)21(25)29)15-11-19(27)23-16(2)20(28)24-13-7-4-8-14-24/h3,5-6,9-10,16H,1,4,7-8,11-15H2,2H3,(H,23,27). The average Bonchev–Trinajstić information content (AvgIpc) is 2.76. The van der Waals surface area contributed by atoms with E-state index in [9.17, 15) is 19.2 Å². The van der Waals surface area contributed by atoms with Gasteiger partial charge in [-0.3, -0.25) is 23.7 Å². The summed E-state index contributed by atoms with van der Waals surface area (Å²) in [6.07, 6.45) is 4.65. The van der Waals surface area contributed by atoms with Crippen molar-refractivity contribution in [3.8, 4) is 0 Å². The number of nitrogens with one attached hydrogen (secondary N) is 1. The van der Waals surface area contributed by atoms with E-state index in [4.69, 9.17) is 0 Å². The van der Waals surface area contributed by atoms with Crippen molar-refractivity contribution in [1.82, 2.24) is 19.4 Å². The number of piperidine rings is 1. The van der Waals surface area contributed by atoms with Crippen LogP contribution in [0, 0.1) is 0 Å². The van der Waals surface area contributed by atoms with Crippen LogP contribution in [0.3, 0.4) is 0 Å². The Morgan fingerprint density at radius 1 is 1.07 bits per heavy atom.